The first-order chi connectivity index (χ1) is 9.38. The van der Waals surface area contributed by atoms with Gasteiger partial charge in [-0.2, -0.15) is 0 Å². The number of rotatable bonds is 1. The van der Waals surface area contributed by atoms with Gasteiger partial charge in [-0.1, -0.05) is 30.3 Å². The highest BCUT2D eigenvalue weighted by Crippen LogP contribution is 2.29. The molecule has 1 aliphatic heterocycles. The largest absolute Gasteiger partial charge is 0.444 e. The van der Waals surface area contributed by atoms with E-state index in [1.54, 1.807) is 0 Å². The standard InChI is InChI=1S/C15H21NO4/c1-15(2,3)20-14(18)16-9-10-19-13(17)12(16)11-7-5-4-6-8-11/h4-8,12-13,17H,9-10H2,1-3H3/t12-,13-/m0/s1. The number of aliphatic hydroxyl groups is 1. The fourth-order valence-corrected chi connectivity index (χ4v) is 2.18. The molecule has 1 aliphatic rings. The Balaban J connectivity index is 2.23. The molecule has 0 radical (unpaired) electrons. The molecule has 0 spiro atoms. The van der Waals surface area contributed by atoms with E-state index in [1.807, 2.05) is 51.1 Å². The van der Waals surface area contributed by atoms with Crippen molar-refractivity contribution < 1.29 is 19.4 Å². The van der Waals surface area contributed by atoms with E-state index in [4.69, 9.17) is 9.47 Å². The molecule has 1 aromatic carbocycles. The molecule has 1 saturated heterocycles. The normalized spacial score (nSPS) is 23.5. The van der Waals surface area contributed by atoms with Gasteiger partial charge in [0, 0.05) is 6.54 Å². The van der Waals surface area contributed by atoms with Gasteiger partial charge in [0.05, 0.1) is 6.61 Å². The zero-order valence-electron chi connectivity index (χ0n) is 12.1. The number of aliphatic hydroxyl groups excluding tert-OH is 1. The Morgan fingerprint density at radius 3 is 2.60 bits per heavy atom. The maximum atomic E-state index is 12.3. The van der Waals surface area contributed by atoms with Crippen LogP contribution in [-0.2, 0) is 9.47 Å². The molecular formula is C15H21NO4. The van der Waals surface area contributed by atoms with E-state index in [0.717, 1.165) is 5.56 Å². The minimum atomic E-state index is -1.04. The zero-order valence-corrected chi connectivity index (χ0v) is 12.1. The summed E-state index contributed by atoms with van der Waals surface area (Å²) in [6.07, 6.45) is -1.48. The van der Waals surface area contributed by atoms with E-state index in [1.165, 1.54) is 4.90 Å². The molecule has 0 aliphatic carbocycles. The second-order valence-corrected chi connectivity index (χ2v) is 5.79. The Hall–Kier alpha value is -1.59. The van der Waals surface area contributed by atoms with Crippen LogP contribution in [-0.4, -0.2) is 41.1 Å². The van der Waals surface area contributed by atoms with E-state index in [-0.39, 0.29) is 0 Å². The lowest BCUT2D eigenvalue weighted by molar-refractivity contribution is -0.177. The van der Waals surface area contributed by atoms with E-state index in [9.17, 15) is 9.90 Å². The summed E-state index contributed by atoms with van der Waals surface area (Å²) < 4.78 is 10.7. The predicted octanol–water partition coefficient (Wildman–Crippen LogP) is 2.31. The maximum absolute atomic E-state index is 12.3. The first-order valence-corrected chi connectivity index (χ1v) is 6.73. The van der Waals surface area contributed by atoms with Crippen molar-refractivity contribution in [3.8, 4) is 0 Å². The number of hydrogen-bond donors (Lipinski definition) is 1. The summed E-state index contributed by atoms with van der Waals surface area (Å²) >= 11 is 0. The summed E-state index contributed by atoms with van der Waals surface area (Å²) in [5.74, 6) is 0. The Bertz CT molecular complexity index is 455. The topological polar surface area (TPSA) is 59.0 Å². The van der Waals surface area contributed by atoms with Gasteiger partial charge in [0.1, 0.15) is 11.6 Å². The summed E-state index contributed by atoms with van der Waals surface area (Å²) in [6, 6.07) is 8.80. The van der Waals surface area contributed by atoms with Crippen molar-refractivity contribution in [3.63, 3.8) is 0 Å². The second-order valence-electron chi connectivity index (χ2n) is 5.79. The van der Waals surface area contributed by atoms with Crippen LogP contribution in [0, 0.1) is 0 Å². The molecule has 1 heterocycles. The van der Waals surface area contributed by atoms with Crippen molar-refractivity contribution in [2.75, 3.05) is 13.2 Å². The summed E-state index contributed by atoms with van der Waals surface area (Å²) in [7, 11) is 0. The lowest BCUT2D eigenvalue weighted by Gasteiger charge is -2.39. The molecule has 5 heteroatoms. The summed E-state index contributed by atoms with van der Waals surface area (Å²) in [4.78, 5) is 13.8. The van der Waals surface area contributed by atoms with Crippen molar-refractivity contribution in [2.24, 2.45) is 0 Å². The van der Waals surface area contributed by atoms with Crippen LogP contribution in [0.1, 0.15) is 32.4 Å². The number of carbonyl (C=O) groups excluding carboxylic acids is 1. The van der Waals surface area contributed by atoms with Gasteiger partial charge in [-0.3, -0.25) is 4.90 Å². The molecule has 2 rings (SSSR count). The van der Waals surface area contributed by atoms with Crippen molar-refractivity contribution in [2.45, 2.75) is 38.7 Å². The second kappa shape index (κ2) is 5.81. The van der Waals surface area contributed by atoms with Crippen LogP contribution in [0.2, 0.25) is 0 Å². The third-order valence-electron chi connectivity index (χ3n) is 3.00. The Morgan fingerprint density at radius 2 is 2.00 bits per heavy atom. The zero-order chi connectivity index (χ0) is 14.8. The quantitative estimate of drug-likeness (QED) is 0.857. The highest BCUT2D eigenvalue weighted by atomic mass is 16.6. The van der Waals surface area contributed by atoms with Crippen LogP contribution < -0.4 is 0 Å². The molecule has 1 fully saturated rings. The van der Waals surface area contributed by atoms with Crippen molar-refractivity contribution in [1.82, 2.24) is 4.90 Å². The van der Waals surface area contributed by atoms with Crippen LogP contribution in [0.5, 0.6) is 0 Å². The van der Waals surface area contributed by atoms with Gasteiger partial charge in [-0.15, -0.1) is 0 Å². The van der Waals surface area contributed by atoms with Gasteiger partial charge in [0.25, 0.3) is 0 Å². The lowest BCUT2D eigenvalue weighted by atomic mass is 10.0. The molecular weight excluding hydrogens is 258 g/mol. The minimum Gasteiger partial charge on any atom is -0.444 e. The van der Waals surface area contributed by atoms with Crippen LogP contribution in [0.4, 0.5) is 4.79 Å². The number of amides is 1. The third-order valence-corrected chi connectivity index (χ3v) is 3.00. The van der Waals surface area contributed by atoms with Crippen LogP contribution in [0.25, 0.3) is 0 Å². The molecule has 110 valence electrons. The van der Waals surface area contributed by atoms with Gasteiger partial charge in [0.15, 0.2) is 6.29 Å². The van der Waals surface area contributed by atoms with E-state index in [0.29, 0.717) is 13.2 Å². The van der Waals surface area contributed by atoms with Crippen molar-refractivity contribution in [1.29, 1.82) is 0 Å². The molecule has 0 aromatic heterocycles. The van der Waals surface area contributed by atoms with Gasteiger partial charge in [-0.05, 0) is 26.3 Å². The fraction of sp³-hybridized carbons (Fsp3) is 0.533. The smallest absolute Gasteiger partial charge is 0.411 e. The highest BCUT2D eigenvalue weighted by Gasteiger charge is 2.37. The number of nitrogens with zero attached hydrogens (tertiary/aromatic N) is 1. The van der Waals surface area contributed by atoms with Crippen LogP contribution in [0.15, 0.2) is 30.3 Å². The van der Waals surface area contributed by atoms with Crippen LogP contribution >= 0.6 is 0 Å². The van der Waals surface area contributed by atoms with Gasteiger partial charge in [0.2, 0.25) is 0 Å². The monoisotopic (exact) mass is 279 g/mol. The van der Waals surface area contributed by atoms with Crippen molar-refractivity contribution in [3.05, 3.63) is 35.9 Å². The maximum Gasteiger partial charge on any atom is 0.411 e. The summed E-state index contributed by atoms with van der Waals surface area (Å²) in [6.45, 7) is 6.15. The summed E-state index contributed by atoms with van der Waals surface area (Å²) in [5, 5.41) is 10.1. The minimum absolute atomic E-state index is 0.295. The molecule has 1 aromatic rings. The molecule has 5 nitrogen and oxygen atoms in total. The first kappa shape index (κ1) is 14.8. The van der Waals surface area contributed by atoms with Crippen LogP contribution in [0.3, 0.4) is 0 Å². The molecule has 0 bridgehead atoms. The molecule has 0 saturated carbocycles. The molecule has 0 unspecified atom stereocenters. The van der Waals surface area contributed by atoms with Gasteiger partial charge < -0.3 is 14.6 Å². The Labute approximate surface area is 119 Å². The number of morpholine rings is 1. The van der Waals surface area contributed by atoms with Gasteiger partial charge >= 0.3 is 6.09 Å². The van der Waals surface area contributed by atoms with E-state index >= 15 is 0 Å². The molecule has 20 heavy (non-hydrogen) atoms. The SMILES string of the molecule is CC(C)(C)OC(=O)N1CCO[C@H](O)[C@@H]1c1ccccc1. The van der Waals surface area contributed by atoms with Crippen molar-refractivity contribution >= 4 is 6.09 Å². The Kier molecular flexibility index (Phi) is 4.30. The number of ether oxygens (including phenoxy) is 2. The van der Waals surface area contributed by atoms with Gasteiger partial charge in [-0.25, -0.2) is 4.79 Å². The molecule has 2 atom stereocenters. The average molecular weight is 279 g/mol. The number of benzene rings is 1. The summed E-state index contributed by atoms with van der Waals surface area (Å²) in [5.41, 5.74) is 0.257. The van der Waals surface area contributed by atoms with E-state index < -0.39 is 24.0 Å². The predicted molar refractivity (Wildman–Crippen MR) is 74.1 cm³/mol. The highest BCUT2D eigenvalue weighted by molar-refractivity contribution is 5.69. The lowest BCUT2D eigenvalue weighted by Crippen LogP contribution is -2.49. The Morgan fingerprint density at radius 1 is 1.35 bits per heavy atom. The van der Waals surface area contributed by atoms with E-state index in [2.05, 4.69) is 0 Å². The average Bonchev–Trinajstić information content (AvgIpc) is 2.37. The molecule has 1 amide bonds. The number of carbonyl (C=O) groups is 1. The third kappa shape index (κ3) is 3.49. The number of hydrogen-bond acceptors (Lipinski definition) is 4. The molecule has 1 N–H and O–H groups in total. The first-order valence-electron chi connectivity index (χ1n) is 6.73. The fourth-order valence-electron chi connectivity index (χ4n) is 2.18.